The second-order valence-electron chi connectivity index (χ2n) is 5.90. The zero-order valence-corrected chi connectivity index (χ0v) is 14.5. The SMILES string of the molecule is O=C(NCc1cc(-c2ccc(F)cc2)ncn1)c1cc(-c2cccnc2)on1. The van der Waals surface area contributed by atoms with Gasteiger partial charge in [-0.2, -0.15) is 0 Å². The Bertz CT molecular complexity index is 1100. The van der Waals surface area contributed by atoms with Crippen LogP contribution in [0.5, 0.6) is 0 Å². The molecule has 28 heavy (non-hydrogen) atoms. The van der Waals surface area contributed by atoms with Gasteiger partial charge in [-0.05, 0) is 42.5 Å². The van der Waals surface area contributed by atoms with Gasteiger partial charge in [-0.1, -0.05) is 5.16 Å². The van der Waals surface area contributed by atoms with Gasteiger partial charge in [0.25, 0.3) is 5.91 Å². The Balaban J connectivity index is 1.43. The van der Waals surface area contributed by atoms with Crippen LogP contribution in [0.3, 0.4) is 0 Å². The van der Waals surface area contributed by atoms with Crippen molar-refractivity contribution in [3.8, 4) is 22.6 Å². The lowest BCUT2D eigenvalue weighted by Crippen LogP contribution is -2.23. The van der Waals surface area contributed by atoms with Gasteiger partial charge in [0.1, 0.15) is 12.1 Å². The Morgan fingerprint density at radius 3 is 2.71 bits per heavy atom. The van der Waals surface area contributed by atoms with E-state index in [2.05, 4.69) is 25.4 Å². The molecule has 4 aromatic rings. The number of carbonyl (C=O) groups excluding carboxylic acids is 1. The summed E-state index contributed by atoms with van der Waals surface area (Å²) in [5, 5.41) is 6.54. The van der Waals surface area contributed by atoms with E-state index in [9.17, 15) is 9.18 Å². The number of hydrogen-bond acceptors (Lipinski definition) is 6. The van der Waals surface area contributed by atoms with E-state index in [0.29, 0.717) is 17.1 Å². The van der Waals surface area contributed by atoms with Crippen LogP contribution in [-0.2, 0) is 6.54 Å². The summed E-state index contributed by atoms with van der Waals surface area (Å²) in [5.74, 6) is -0.247. The van der Waals surface area contributed by atoms with Crippen LogP contribution in [-0.4, -0.2) is 26.0 Å². The fraction of sp³-hybridized carbons (Fsp3) is 0.0500. The van der Waals surface area contributed by atoms with Crippen molar-refractivity contribution in [3.63, 3.8) is 0 Å². The molecule has 3 aromatic heterocycles. The van der Waals surface area contributed by atoms with Crippen LogP contribution in [0.15, 0.2) is 71.8 Å². The molecule has 0 aliphatic rings. The topological polar surface area (TPSA) is 93.8 Å². The monoisotopic (exact) mass is 375 g/mol. The standard InChI is InChI=1S/C20H14FN5O2/c21-15-5-3-13(4-6-15)17-8-16(24-12-25-17)11-23-20(27)18-9-19(28-26-18)14-2-1-7-22-10-14/h1-10,12H,11H2,(H,23,27). The molecule has 8 heteroatoms. The normalized spacial score (nSPS) is 10.6. The van der Waals surface area contributed by atoms with Gasteiger partial charge in [0.05, 0.1) is 17.9 Å². The lowest BCUT2D eigenvalue weighted by molar-refractivity contribution is 0.0941. The van der Waals surface area contributed by atoms with Crippen molar-refractivity contribution in [2.45, 2.75) is 6.54 Å². The molecule has 0 aliphatic carbocycles. The number of nitrogens with zero attached hydrogens (tertiary/aromatic N) is 4. The van der Waals surface area contributed by atoms with E-state index in [1.54, 1.807) is 42.7 Å². The van der Waals surface area contributed by atoms with Gasteiger partial charge in [0.15, 0.2) is 11.5 Å². The third-order valence-corrected chi connectivity index (χ3v) is 3.98. The van der Waals surface area contributed by atoms with Crippen molar-refractivity contribution < 1.29 is 13.7 Å². The zero-order valence-electron chi connectivity index (χ0n) is 14.5. The molecule has 0 fully saturated rings. The van der Waals surface area contributed by atoms with E-state index in [4.69, 9.17) is 4.52 Å². The fourth-order valence-corrected chi connectivity index (χ4v) is 2.56. The highest BCUT2D eigenvalue weighted by atomic mass is 19.1. The number of hydrogen-bond donors (Lipinski definition) is 1. The Morgan fingerprint density at radius 1 is 1.07 bits per heavy atom. The maximum atomic E-state index is 13.1. The summed E-state index contributed by atoms with van der Waals surface area (Å²) in [6, 6.07) is 12.9. The van der Waals surface area contributed by atoms with E-state index < -0.39 is 0 Å². The summed E-state index contributed by atoms with van der Waals surface area (Å²) < 4.78 is 18.3. The predicted molar refractivity (Wildman–Crippen MR) is 98.3 cm³/mol. The van der Waals surface area contributed by atoms with E-state index in [-0.39, 0.29) is 24.0 Å². The summed E-state index contributed by atoms with van der Waals surface area (Å²) in [6.07, 6.45) is 4.67. The average molecular weight is 375 g/mol. The number of rotatable bonds is 5. The summed E-state index contributed by atoms with van der Waals surface area (Å²) in [6.45, 7) is 0.185. The minimum Gasteiger partial charge on any atom is -0.355 e. The Hall–Kier alpha value is -3.94. The van der Waals surface area contributed by atoms with Gasteiger partial charge in [-0.25, -0.2) is 14.4 Å². The minimum atomic E-state index is -0.388. The molecule has 0 saturated carbocycles. The lowest BCUT2D eigenvalue weighted by atomic mass is 10.1. The maximum absolute atomic E-state index is 13.1. The summed E-state index contributed by atoms with van der Waals surface area (Å²) in [5.41, 5.74) is 2.90. The van der Waals surface area contributed by atoms with Gasteiger partial charge in [0, 0.05) is 29.6 Å². The van der Waals surface area contributed by atoms with Gasteiger partial charge in [0.2, 0.25) is 0 Å². The van der Waals surface area contributed by atoms with Crippen LogP contribution in [0, 0.1) is 5.82 Å². The second kappa shape index (κ2) is 7.75. The van der Waals surface area contributed by atoms with Gasteiger partial charge < -0.3 is 9.84 Å². The first kappa shape index (κ1) is 17.5. The average Bonchev–Trinajstić information content (AvgIpc) is 3.24. The number of halogens is 1. The molecule has 1 N–H and O–H groups in total. The summed E-state index contributed by atoms with van der Waals surface area (Å²) in [7, 11) is 0. The van der Waals surface area contributed by atoms with E-state index in [1.165, 1.54) is 18.5 Å². The molecule has 0 spiro atoms. The molecule has 3 heterocycles. The zero-order chi connectivity index (χ0) is 19.3. The molecule has 0 radical (unpaired) electrons. The van der Waals surface area contributed by atoms with Crippen molar-refractivity contribution >= 4 is 5.91 Å². The molecule has 0 unspecified atom stereocenters. The predicted octanol–water partition coefficient (Wildman–Crippen LogP) is 3.26. The second-order valence-corrected chi connectivity index (χ2v) is 5.90. The molecule has 138 valence electrons. The fourth-order valence-electron chi connectivity index (χ4n) is 2.56. The summed E-state index contributed by atoms with van der Waals surface area (Å²) in [4.78, 5) is 24.7. The van der Waals surface area contributed by atoms with Crippen molar-refractivity contribution in [1.29, 1.82) is 0 Å². The quantitative estimate of drug-likeness (QED) is 0.575. The smallest absolute Gasteiger partial charge is 0.273 e. The van der Waals surface area contributed by atoms with Crippen molar-refractivity contribution in [1.82, 2.24) is 25.4 Å². The minimum absolute atomic E-state index is 0.159. The Morgan fingerprint density at radius 2 is 1.93 bits per heavy atom. The maximum Gasteiger partial charge on any atom is 0.273 e. The third kappa shape index (κ3) is 3.90. The third-order valence-electron chi connectivity index (χ3n) is 3.98. The van der Waals surface area contributed by atoms with Crippen LogP contribution in [0.2, 0.25) is 0 Å². The molecular formula is C20H14FN5O2. The number of pyridine rings is 1. The number of benzene rings is 1. The van der Waals surface area contributed by atoms with Crippen LogP contribution >= 0.6 is 0 Å². The molecule has 0 aliphatic heterocycles. The molecule has 1 aromatic carbocycles. The van der Waals surface area contributed by atoms with Gasteiger partial charge in [-0.15, -0.1) is 0 Å². The first-order chi connectivity index (χ1) is 13.7. The van der Waals surface area contributed by atoms with Crippen molar-refractivity contribution in [2.75, 3.05) is 0 Å². The Labute approximate surface area is 159 Å². The summed E-state index contributed by atoms with van der Waals surface area (Å²) >= 11 is 0. The van der Waals surface area contributed by atoms with Crippen LogP contribution < -0.4 is 5.32 Å². The van der Waals surface area contributed by atoms with E-state index >= 15 is 0 Å². The highest BCUT2D eigenvalue weighted by molar-refractivity contribution is 5.93. The van der Waals surface area contributed by atoms with E-state index in [1.807, 2.05) is 6.07 Å². The van der Waals surface area contributed by atoms with Crippen LogP contribution in [0.1, 0.15) is 16.2 Å². The first-order valence-electron chi connectivity index (χ1n) is 8.41. The van der Waals surface area contributed by atoms with Crippen LogP contribution in [0.4, 0.5) is 4.39 Å². The van der Waals surface area contributed by atoms with Crippen molar-refractivity contribution in [2.24, 2.45) is 0 Å². The number of amides is 1. The van der Waals surface area contributed by atoms with Crippen molar-refractivity contribution in [3.05, 3.63) is 84.5 Å². The largest absolute Gasteiger partial charge is 0.355 e. The highest BCUT2D eigenvalue weighted by Gasteiger charge is 2.14. The molecule has 1 amide bonds. The molecular weight excluding hydrogens is 361 g/mol. The molecule has 0 atom stereocenters. The lowest BCUT2D eigenvalue weighted by Gasteiger charge is -2.05. The number of aromatic nitrogens is 4. The first-order valence-corrected chi connectivity index (χ1v) is 8.41. The Kier molecular flexibility index (Phi) is 4.83. The van der Waals surface area contributed by atoms with Gasteiger partial charge >= 0.3 is 0 Å². The molecule has 0 saturated heterocycles. The highest BCUT2D eigenvalue weighted by Crippen LogP contribution is 2.19. The molecule has 4 rings (SSSR count). The van der Waals surface area contributed by atoms with Crippen LogP contribution in [0.25, 0.3) is 22.6 Å². The number of nitrogens with one attached hydrogen (secondary N) is 1. The number of carbonyl (C=O) groups is 1. The van der Waals surface area contributed by atoms with E-state index in [0.717, 1.165) is 11.1 Å². The molecule has 0 bridgehead atoms. The molecule has 7 nitrogen and oxygen atoms in total. The van der Waals surface area contributed by atoms with Gasteiger partial charge in [-0.3, -0.25) is 9.78 Å².